The van der Waals surface area contributed by atoms with Gasteiger partial charge in [0, 0.05) is 5.69 Å². The number of unbranched alkanes of at least 4 members (excludes halogenated alkanes) is 1. The molecule has 34 heavy (non-hydrogen) atoms. The number of para-hydroxylation sites is 1. The van der Waals surface area contributed by atoms with Gasteiger partial charge >= 0.3 is 5.97 Å². The smallest absolute Gasteiger partial charge is 0.338 e. The van der Waals surface area contributed by atoms with Crippen LogP contribution in [0.4, 0.5) is 11.4 Å². The summed E-state index contributed by atoms with van der Waals surface area (Å²) >= 11 is 0. The Balaban J connectivity index is 1.50. The lowest BCUT2D eigenvalue weighted by atomic mass is 9.82. The predicted molar refractivity (Wildman–Crippen MR) is 128 cm³/mol. The van der Waals surface area contributed by atoms with Crippen molar-refractivity contribution in [2.45, 2.75) is 39.5 Å². The fraction of sp³-hybridized carbons (Fsp3) is 0.333. The summed E-state index contributed by atoms with van der Waals surface area (Å²) in [6, 6.07) is 13.0. The number of nitrogens with one attached hydrogen (secondary N) is 1. The van der Waals surface area contributed by atoms with E-state index in [1.165, 1.54) is 4.90 Å². The number of rotatable bonds is 7. The Morgan fingerprint density at radius 2 is 1.74 bits per heavy atom. The van der Waals surface area contributed by atoms with E-state index in [0.29, 0.717) is 30.7 Å². The van der Waals surface area contributed by atoms with Crippen molar-refractivity contribution in [1.82, 2.24) is 0 Å². The molecule has 176 valence electrons. The van der Waals surface area contributed by atoms with Crippen LogP contribution in [0.2, 0.25) is 0 Å². The van der Waals surface area contributed by atoms with Crippen LogP contribution in [0.25, 0.3) is 0 Å². The molecule has 7 nitrogen and oxygen atoms in total. The molecular weight excluding hydrogens is 432 g/mol. The molecule has 7 heteroatoms. The maximum atomic E-state index is 13.1. The first-order chi connectivity index (χ1) is 16.4. The first kappa shape index (κ1) is 23.4. The number of imide groups is 1. The Kier molecular flexibility index (Phi) is 6.91. The molecule has 1 aliphatic carbocycles. The molecule has 3 amide bonds. The van der Waals surface area contributed by atoms with Crippen LogP contribution in [0.1, 0.15) is 60.2 Å². The van der Waals surface area contributed by atoms with E-state index in [1.807, 2.05) is 19.9 Å². The number of carbonyl (C=O) groups excluding carboxylic acids is 4. The molecular formula is C27H28N2O5. The van der Waals surface area contributed by atoms with Gasteiger partial charge in [-0.05, 0) is 62.6 Å². The zero-order valence-electron chi connectivity index (χ0n) is 19.4. The van der Waals surface area contributed by atoms with Crippen LogP contribution in [0.3, 0.4) is 0 Å². The van der Waals surface area contributed by atoms with E-state index in [1.54, 1.807) is 48.5 Å². The second-order valence-electron chi connectivity index (χ2n) is 8.75. The third-order valence-corrected chi connectivity index (χ3v) is 6.32. The Morgan fingerprint density at radius 3 is 2.47 bits per heavy atom. The molecule has 1 fully saturated rings. The van der Waals surface area contributed by atoms with E-state index >= 15 is 0 Å². The van der Waals surface area contributed by atoms with Gasteiger partial charge in [-0.15, -0.1) is 0 Å². The number of hydrogen-bond donors (Lipinski definition) is 1. The second-order valence-corrected chi connectivity index (χ2v) is 8.75. The lowest BCUT2D eigenvalue weighted by Gasteiger charge is -2.19. The van der Waals surface area contributed by atoms with Crippen molar-refractivity contribution in [3.63, 3.8) is 0 Å². The summed E-state index contributed by atoms with van der Waals surface area (Å²) in [6.07, 6.45) is 4.86. The lowest BCUT2D eigenvalue weighted by Crippen LogP contribution is -2.33. The third kappa shape index (κ3) is 4.64. The molecule has 1 N–H and O–H groups in total. The third-order valence-electron chi connectivity index (χ3n) is 6.32. The first-order valence-electron chi connectivity index (χ1n) is 11.6. The molecule has 1 saturated heterocycles. The average Bonchev–Trinajstić information content (AvgIpc) is 3.08. The summed E-state index contributed by atoms with van der Waals surface area (Å²) in [5.74, 6) is -2.12. The van der Waals surface area contributed by atoms with Gasteiger partial charge in [-0.3, -0.25) is 14.4 Å². The molecule has 0 unspecified atom stereocenters. The maximum absolute atomic E-state index is 13.1. The van der Waals surface area contributed by atoms with Gasteiger partial charge in [0.15, 0.2) is 0 Å². The number of amides is 3. The largest absolute Gasteiger partial charge is 0.462 e. The molecule has 2 aromatic carbocycles. The monoisotopic (exact) mass is 460 g/mol. The summed E-state index contributed by atoms with van der Waals surface area (Å²) < 4.78 is 5.20. The van der Waals surface area contributed by atoms with Crippen molar-refractivity contribution in [1.29, 1.82) is 0 Å². The minimum atomic E-state index is -0.446. The maximum Gasteiger partial charge on any atom is 0.338 e. The Morgan fingerprint density at radius 1 is 1.03 bits per heavy atom. The highest BCUT2D eigenvalue weighted by atomic mass is 16.5. The highest BCUT2D eigenvalue weighted by Crippen LogP contribution is 2.40. The Bertz CT molecular complexity index is 1150. The van der Waals surface area contributed by atoms with Gasteiger partial charge in [-0.2, -0.15) is 0 Å². The van der Waals surface area contributed by atoms with Crippen molar-refractivity contribution >= 4 is 35.1 Å². The SMILES string of the molecule is CCCCOC(=O)c1ccc(NC(=O)c2ccccc2N2C(=O)[C@H]3CC=C(C)C[C@@H]3C2=O)cc1. The Labute approximate surface area is 198 Å². The Hall–Kier alpha value is -3.74. The summed E-state index contributed by atoms with van der Waals surface area (Å²) in [6.45, 7) is 4.36. The molecule has 1 heterocycles. The van der Waals surface area contributed by atoms with E-state index in [0.717, 1.165) is 18.4 Å². The van der Waals surface area contributed by atoms with Gasteiger partial charge in [-0.25, -0.2) is 9.69 Å². The normalized spacial score (nSPS) is 19.5. The fourth-order valence-corrected chi connectivity index (χ4v) is 4.42. The highest BCUT2D eigenvalue weighted by molar-refractivity contribution is 6.25. The molecule has 0 saturated carbocycles. The lowest BCUT2D eigenvalue weighted by molar-refractivity contribution is -0.122. The van der Waals surface area contributed by atoms with Gasteiger partial charge in [0.1, 0.15) is 0 Å². The number of allylic oxidation sites excluding steroid dienone is 2. The van der Waals surface area contributed by atoms with E-state index < -0.39 is 11.9 Å². The molecule has 1 aliphatic heterocycles. The van der Waals surface area contributed by atoms with Crippen molar-refractivity contribution in [2.75, 3.05) is 16.8 Å². The van der Waals surface area contributed by atoms with Gasteiger partial charge < -0.3 is 10.1 Å². The van der Waals surface area contributed by atoms with Crippen molar-refractivity contribution in [3.05, 3.63) is 71.3 Å². The topological polar surface area (TPSA) is 92.8 Å². The molecule has 0 radical (unpaired) electrons. The summed E-state index contributed by atoms with van der Waals surface area (Å²) in [5.41, 5.74) is 2.51. The van der Waals surface area contributed by atoms with Crippen LogP contribution >= 0.6 is 0 Å². The van der Waals surface area contributed by atoms with E-state index in [4.69, 9.17) is 4.74 Å². The number of benzene rings is 2. The van der Waals surface area contributed by atoms with Crippen LogP contribution in [-0.4, -0.2) is 30.3 Å². The first-order valence-corrected chi connectivity index (χ1v) is 11.6. The minimum absolute atomic E-state index is 0.232. The molecule has 4 rings (SSSR count). The molecule has 2 aromatic rings. The van der Waals surface area contributed by atoms with Crippen molar-refractivity contribution in [3.8, 4) is 0 Å². The zero-order chi connectivity index (χ0) is 24.2. The van der Waals surface area contributed by atoms with Gasteiger partial charge in [0.2, 0.25) is 11.8 Å². The second kappa shape index (κ2) is 10.0. The van der Waals surface area contributed by atoms with Crippen LogP contribution in [0, 0.1) is 11.8 Å². The van der Waals surface area contributed by atoms with Gasteiger partial charge in [0.05, 0.1) is 35.3 Å². The van der Waals surface area contributed by atoms with E-state index in [2.05, 4.69) is 5.32 Å². The van der Waals surface area contributed by atoms with Crippen molar-refractivity contribution in [2.24, 2.45) is 11.8 Å². The molecule has 2 aliphatic rings. The summed E-state index contributed by atoms with van der Waals surface area (Å²) in [7, 11) is 0. The number of anilines is 2. The number of esters is 1. The molecule has 0 bridgehead atoms. The summed E-state index contributed by atoms with van der Waals surface area (Å²) in [5, 5.41) is 2.79. The number of fused-ring (bicyclic) bond motifs is 1. The van der Waals surface area contributed by atoms with E-state index in [9.17, 15) is 19.2 Å². The number of carbonyl (C=O) groups is 4. The van der Waals surface area contributed by atoms with Crippen LogP contribution in [0.15, 0.2) is 60.2 Å². The van der Waals surface area contributed by atoms with Gasteiger partial charge in [-0.1, -0.05) is 37.1 Å². The summed E-state index contributed by atoms with van der Waals surface area (Å²) in [4.78, 5) is 52.6. The fourth-order valence-electron chi connectivity index (χ4n) is 4.42. The molecule has 2 atom stereocenters. The van der Waals surface area contributed by atoms with Crippen LogP contribution < -0.4 is 10.2 Å². The minimum Gasteiger partial charge on any atom is -0.462 e. The predicted octanol–water partition coefficient (Wildman–Crippen LogP) is 4.74. The quantitative estimate of drug-likeness (QED) is 0.279. The average molecular weight is 461 g/mol. The van der Waals surface area contributed by atoms with Crippen LogP contribution in [-0.2, 0) is 14.3 Å². The van der Waals surface area contributed by atoms with Crippen molar-refractivity contribution < 1.29 is 23.9 Å². The molecule has 0 spiro atoms. The van der Waals surface area contributed by atoms with E-state index in [-0.39, 0.29) is 34.9 Å². The zero-order valence-corrected chi connectivity index (χ0v) is 19.4. The number of hydrogen-bond acceptors (Lipinski definition) is 5. The highest BCUT2D eigenvalue weighted by Gasteiger charge is 2.49. The number of ether oxygens (including phenoxy) is 1. The molecule has 0 aromatic heterocycles. The number of nitrogens with zero attached hydrogens (tertiary/aromatic N) is 1. The van der Waals surface area contributed by atoms with Crippen LogP contribution in [0.5, 0.6) is 0 Å². The van der Waals surface area contributed by atoms with Gasteiger partial charge in [0.25, 0.3) is 5.91 Å². The standard InChI is InChI=1S/C27H28N2O5/c1-3-4-15-34-27(33)18-10-12-19(13-11-18)28-24(30)21-7-5-6-8-23(21)29-25(31)20-14-9-17(2)16-22(20)26(29)32/h5-13,20,22H,3-4,14-16H2,1-2H3,(H,28,30)/t20-,22-/m0/s1.